The zero-order chi connectivity index (χ0) is 12.8. The van der Waals surface area contributed by atoms with Crippen LogP contribution in [-0.2, 0) is 13.1 Å². The number of benzene rings is 1. The smallest absolute Gasteiger partial charge is 0.161 e. The highest BCUT2D eigenvalue weighted by atomic mass is 16.5. The van der Waals surface area contributed by atoms with Crippen LogP contribution in [0.3, 0.4) is 0 Å². The van der Waals surface area contributed by atoms with Crippen LogP contribution in [0.25, 0.3) is 0 Å². The number of hydrogen-bond acceptors (Lipinski definition) is 4. The Balaban J connectivity index is 1.88. The maximum atomic E-state index is 5.67. The van der Waals surface area contributed by atoms with Crippen molar-refractivity contribution in [3.63, 3.8) is 0 Å². The van der Waals surface area contributed by atoms with Gasteiger partial charge in [-0.15, -0.1) is 0 Å². The fraction of sp³-hybridized carbons (Fsp3) is 0.308. The molecule has 0 radical (unpaired) electrons. The van der Waals surface area contributed by atoms with E-state index in [9.17, 15) is 0 Å². The fourth-order valence-corrected chi connectivity index (χ4v) is 1.63. The third-order valence-corrected chi connectivity index (χ3v) is 2.57. The summed E-state index contributed by atoms with van der Waals surface area (Å²) in [5.74, 6) is 1.49. The van der Waals surface area contributed by atoms with E-state index in [2.05, 4.69) is 4.98 Å². The van der Waals surface area contributed by atoms with Crippen LogP contribution in [0.15, 0.2) is 36.8 Å². The normalized spacial score (nSPS) is 10.3. The molecule has 1 heterocycles. The number of hydrogen-bond donors (Lipinski definition) is 1. The van der Waals surface area contributed by atoms with Crippen LogP contribution in [0, 0.1) is 0 Å². The summed E-state index contributed by atoms with van der Waals surface area (Å²) in [5, 5.41) is 0. The highest BCUT2D eigenvalue weighted by molar-refractivity contribution is 5.39. The summed E-state index contributed by atoms with van der Waals surface area (Å²) in [6, 6.07) is 7.59. The minimum atomic E-state index is 0.459. The van der Waals surface area contributed by atoms with Gasteiger partial charge in [0.1, 0.15) is 6.61 Å². The van der Waals surface area contributed by atoms with E-state index in [1.165, 1.54) is 0 Å². The van der Waals surface area contributed by atoms with Gasteiger partial charge in [0.15, 0.2) is 11.5 Å². The van der Waals surface area contributed by atoms with Gasteiger partial charge in [0, 0.05) is 12.7 Å². The molecule has 0 bridgehead atoms. The first-order valence-electron chi connectivity index (χ1n) is 5.80. The fourth-order valence-electron chi connectivity index (χ4n) is 1.63. The summed E-state index contributed by atoms with van der Waals surface area (Å²) < 4.78 is 12.8. The van der Waals surface area contributed by atoms with Gasteiger partial charge in [-0.1, -0.05) is 12.1 Å². The number of aromatic nitrogens is 2. The Hall–Kier alpha value is -2.01. The van der Waals surface area contributed by atoms with Crippen LogP contribution in [0.1, 0.15) is 5.69 Å². The second-order valence-electron chi connectivity index (χ2n) is 3.81. The number of nitrogens with zero attached hydrogens (tertiary/aromatic N) is 2. The highest BCUT2D eigenvalue weighted by Crippen LogP contribution is 2.25. The standard InChI is InChI=1S/C13H17N3O2/c1-17-12-4-2-3-5-13(12)18-7-6-16-9-11(8-14)15-10-16/h2-5,9-10H,6-8,14H2,1H3. The summed E-state index contributed by atoms with van der Waals surface area (Å²) in [5.41, 5.74) is 6.38. The second kappa shape index (κ2) is 6.07. The molecule has 0 spiro atoms. The molecular weight excluding hydrogens is 230 g/mol. The van der Waals surface area contributed by atoms with Crippen LogP contribution in [0.5, 0.6) is 11.5 Å². The van der Waals surface area contributed by atoms with Crippen molar-refractivity contribution in [3.8, 4) is 11.5 Å². The van der Waals surface area contributed by atoms with Crippen molar-refractivity contribution in [2.75, 3.05) is 13.7 Å². The highest BCUT2D eigenvalue weighted by Gasteiger charge is 2.02. The second-order valence-corrected chi connectivity index (χ2v) is 3.81. The van der Waals surface area contributed by atoms with Gasteiger partial charge in [0.2, 0.25) is 0 Å². The molecule has 0 aliphatic carbocycles. The number of para-hydroxylation sites is 2. The summed E-state index contributed by atoms with van der Waals surface area (Å²) in [6.45, 7) is 1.74. The van der Waals surface area contributed by atoms with Crippen molar-refractivity contribution in [1.29, 1.82) is 0 Å². The Morgan fingerprint density at radius 3 is 2.72 bits per heavy atom. The quantitative estimate of drug-likeness (QED) is 0.838. The largest absolute Gasteiger partial charge is 0.493 e. The van der Waals surface area contributed by atoms with Crippen LogP contribution >= 0.6 is 0 Å². The molecule has 0 fully saturated rings. The lowest BCUT2D eigenvalue weighted by Gasteiger charge is -2.10. The van der Waals surface area contributed by atoms with E-state index in [4.69, 9.17) is 15.2 Å². The zero-order valence-electron chi connectivity index (χ0n) is 10.4. The number of nitrogens with two attached hydrogens (primary N) is 1. The Labute approximate surface area is 106 Å². The van der Waals surface area contributed by atoms with E-state index in [-0.39, 0.29) is 0 Å². The summed E-state index contributed by atoms with van der Waals surface area (Å²) in [6.07, 6.45) is 3.68. The van der Waals surface area contributed by atoms with E-state index in [1.807, 2.05) is 35.0 Å². The lowest BCUT2D eigenvalue weighted by molar-refractivity contribution is 0.279. The minimum absolute atomic E-state index is 0.459. The summed E-state index contributed by atoms with van der Waals surface area (Å²) >= 11 is 0. The molecule has 5 heteroatoms. The van der Waals surface area contributed by atoms with Gasteiger partial charge in [0.25, 0.3) is 0 Å². The topological polar surface area (TPSA) is 62.3 Å². The third-order valence-electron chi connectivity index (χ3n) is 2.57. The van der Waals surface area contributed by atoms with Gasteiger partial charge in [0.05, 0.1) is 25.7 Å². The Bertz CT molecular complexity index is 496. The van der Waals surface area contributed by atoms with Crippen molar-refractivity contribution in [3.05, 3.63) is 42.5 Å². The molecule has 0 aliphatic rings. The van der Waals surface area contributed by atoms with E-state index in [0.29, 0.717) is 13.2 Å². The van der Waals surface area contributed by atoms with Crippen LogP contribution < -0.4 is 15.2 Å². The molecule has 0 amide bonds. The minimum Gasteiger partial charge on any atom is -0.493 e. The maximum Gasteiger partial charge on any atom is 0.161 e. The number of ether oxygens (including phenoxy) is 2. The molecule has 1 aromatic carbocycles. The first-order valence-corrected chi connectivity index (χ1v) is 5.80. The molecule has 2 aromatic rings. The van der Waals surface area contributed by atoms with Crippen LogP contribution in [0.4, 0.5) is 0 Å². The summed E-state index contributed by atoms with van der Waals surface area (Å²) in [7, 11) is 1.63. The molecule has 2 rings (SSSR count). The molecule has 1 aromatic heterocycles. The van der Waals surface area contributed by atoms with E-state index >= 15 is 0 Å². The van der Waals surface area contributed by atoms with Gasteiger partial charge in [-0.25, -0.2) is 4.98 Å². The Kier molecular flexibility index (Phi) is 4.20. The van der Waals surface area contributed by atoms with Gasteiger partial charge >= 0.3 is 0 Å². The van der Waals surface area contributed by atoms with Crippen LogP contribution in [0.2, 0.25) is 0 Å². The molecule has 0 unspecified atom stereocenters. The average molecular weight is 247 g/mol. The molecule has 0 saturated heterocycles. The first kappa shape index (κ1) is 12.4. The number of methoxy groups -OCH3 is 1. The van der Waals surface area contributed by atoms with E-state index in [1.54, 1.807) is 13.4 Å². The van der Waals surface area contributed by atoms with E-state index in [0.717, 1.165) is 23.7 Å². The number of imidazole rings is 1. The lowest BCUT2D eigenvalue weighted by atomic mass is 10.3. The van der Waals surface area contributed by atoms with Crippen molar-refractivity contribution in [2.45, 2.75) is 13.1 Å². The summed E-state index contributed by atoms with van der Waals surface area (Å²) in [4.78, 5) is 4.15. The Morgan fingerprint density at radius 1 is 1.28 bits per heavy atom. The van der Waals surface area contributed by atoms with Crippen molar-refractivity contribution in [1.82, 2.24) is 9.55 Å². The molecule has 0 atom stereocenters. The molecule has 96 valence electrons. The Morgan fingerprint density at radius 2 is 2.06 bits per heavy atom. The van der Waals surface area contributed by atoms with Crippen LogP contribution in [-0.4, -0.2) is 23.3 Å². The molecule has 18 heavy (non-hydrogen) atoms. The van der Waals surface area contributed by atoms with Crippen molar-refractivity contribution in [2.24, 2.45) is 5.73 Å². The van der Waals surface area contributed by atoms with Gasteiger partial charge in [-0.3, -0.25) is 0 Å². The molecular formula is C13H17N3O2. The van der Waals surface area contributed by atoms with Gasteiger partial charge < -0.3 is 19.8 Å². The van der Waals surface area contributed by atoms with Gasteiger partial charge in [-0.2, -0.15) is 0 Å². The zero-order valence-corrected chi connectivity index (χ0v) is 10.4. The van der Waals surface area contributed by atoms with E-state index < -0.39 is 0 Å². The average Bonchev–Trinajstić information content (AvgIpc) is 2.87. The maximum absolute atomic E-state index is 5.67. The molecule has 0 saturated carbocycles. The molecule has 0 aliphatic heterocycles. The predicted molar refractivity (Wildman–Crippen MR) is 68.6 cm³/mol. The number of rotatable bonds is 6. The van der Waals surface area contributed by atoms with Crippen molar-refractivity contribution < 1.29 is 9.47 Å². The predicted octanol–water partition coefficient (Wildman–Crippen LogP) is 1.43. The first-order chi connectivity index (χ1) is 8.83. The SMILES string of the molecule is COc1ccccc1OCCn1cnc(CN)c1. The third kappa shape index (κ3) is 3.01. The molecule has 2 N–H and O–H groups in total. The molecule has 5 nitrogen and oxygen atoms in total. The van der Waals surface area contributed by atoms with Gasteiger partial charge in [-0.05, 0) is 12.1 Å². The lowest BCUT2D eigenvalue weighted by Crippen LogP contribution is -2.07. The van der Waals surface area contributed by atoms with Crippen molar-refractivity contribution >= 4 is 0 Å². The monoisotopic (exact) mass is 247 g/mol.